The van der Waals surface area contributed by atoms with Gasteiger partial charge in [-0.1, -0.05) is 6.92 Å². The predicted molar refractivity (Wildman–Crippen MR) is 59.3 cm³/mol. The third kappa shape index (κ3) is 1.97. The highest BCUT2D eigenvalue weighted by molar-refractivity contribution is 5.54. The normalized spacial score (nSPS) is 15.5. The predicted octanol–water partition coefficient (Wildman–Crippen LogP) is 2.04. The van der Waals surface area contributed by atoms with Crippen molar-refractivity contribution in [2.45, 2.75) is 32.2 Å². The molecular weight excluding hydrogens is 174 g/mol. The van der Waals surface area contributed by atoms with Crippen LogP contribution in [-0.2, 0) is 0 Å². The fraction of sp³-hybridized carbons (Fsp3) is 0.545. The molecule has 2 rings (SSSR count). The third-order valence-corrected chi connectivity index (χ3v) is 2.53. The van der Waals surface area contributed by atoms with Crippen molar-refractivity contribution < 1.29 is 0 Å². The molecule has 1 aliphatic rings. The number of anilines is 2. The molecule has 2 N–H and O–H groups in total. The number of nitrogens with zero attached hydrogens (tertiary/aromatic N) is 2. The summed E-state index contributed by atoms with van der Waals surface area (Å²) in [6, 6.07) is 2.75. The second kappa shape index (κ2) is 3.86. The lowest BCUT2D eigenvalue weighted by Gasteiger charge is -2.23. The fourth-order valence-corrected chi connectivity index (χ4v) is 1.75. The Morgan fingerprint density at radius 3 is 2.86 bits per heavy atom. The summed E-state index contributed by atoms with van der Waals surface area (Å²) in [6.07, 6.45) is 7.40. The van der Waals surface area contributed by atoms with Gasteiger partial charge in [0.05, 0.1) is 17.6 Å². The van der Waals surface area contributed by atoms with Gasteiger partial charge in [-0.3, -0.25) is 4.98 Å². The summed E-state index contributed by atoms with van der Waals surface area (Å²) in [5, 5.41) is 0. The topological polar surface area (TPSA) is 42.2 Å². The van der Waals surface area contributed by atoms with Gasteiger partial charge in [-0.2, -0.15) is 0 Å². The highest BCUT2D eigenvalue weighted by atomic mass is 15.2. The van der Waals surface area contributed by atoms with Crippen molar-refractivity contribution in [2.75, 3.05) is 17.2 Å². The minimum Gasteiger partial charge on any atom is -0.397 e. The summed E-state index contributed by atoms with van der Waals surface area (Å²) in [6.45, 7) is 3.31. The summed E-state index contributed by atoms with van der Waals surface area (Å²) in [7, 11) is 0. The van der Waals surface area contributed by atoms with E-state index in [0.29, 0.717) is 0 Å². The third-order valence-electron chi connectivity index (χ3n) is 2.53. The first-order valence-electron chi connectivity index (χ1n) is 5.28. The minimum atomic E-state index is 0.735. The van der Waals surface area contributed by atoms with Crippen molar-refractivity contribution in [1.29, 1.82) is 0 Å². The number of aromatic nitrogens is 1. The average molecular weight is 191 g/mol. The van der Waals surface area contributed by atoms with Gasteiger partial charge < -0.3 is 10.6 Å². The van der Waals surface area contributed by atoms with Crippen LogP contribution in [0.1, 0.15) is 26.2 Å². The average Bonchev–Trinajstić information content (AvgIpc) is 2.97. The van der Waals surface area contributed by atoms with Crippen molar-refractivity contribution in [3.8, 4) is 0 Å². The molecule has 0 saturated heterocycles. The fourth-order valence-electron chi connectivity index (χ4n) is 1.75. The number of nitrogens with two attached hydrogens (primary N) is 1. The van der Waals surface area contributed by atoms with Gasteiger partial charge in [0.2, 0.25) is 0 Å². The maximum Gasteiger partial charge on any atom is 0.0575 e. The van der Waals surface area contributed by atoms with E-state index in [0.717, 1.165) is 18.3 Å². The van der Waals surface area contributed by atoms with Gasteiger partial charge >= 0.3 is 0 Å². The van der Waals surface area contributed by atoms with Gasteiger partial charge in [0.1, 0.15) is 0 Å². The lowest BCUT2D eigenvalue weighted by Crippen LogP contribution is -2.26. The molecule has 1 saturated carbocycles. The van der Waals surface area contributed by atoms with E-state index in [9.17, 15) is 0 Å². The van der Waals surface area contributed by atoms with E-state index < -0.39 is 0 Å². The van der Waals surface area contributed by atoms with Crippen LogP contribution in [-0.4, -0.2) is 17.6 Å². The molecule has 0 aromatic carbocycles. The molecule has 0 spiro atoms. The first-order valence-corrected chi connectivity index (χ1v) is 5.28. The molecule has 1 aromatic rings. The Kier molecular flexibility index (Phi) is 2.57. The second-order valence-corrected chi connectivity index (χ2v) is 3.90. The largest absolute Gasteiger partial charge is 0.397 e. The Morgan fingerprint density at radius 1 is 1.50 bits per heavy atom. The molecule has 0 atom stereocenters. The molecule has 0 aliphatic heterocycles. The molecule has 1 heterocycles. The van der Waals surface area contributed by atoms with E-state index in [-0.39, 0.29) is 0 Å². The zero-order valence-corrected chi connectivity index (χ0v) is 8.61. The second-order valence-electron chi connectivity index (χ2n) is 3.90. The Hall–Kier alpha value is -1.25. The molecule has 1 fully saturated rings. The summed E-state index contributed by atoms with van der Waals surface area (Å²) in [5.74, 6) is 0. The Bertz CT molecular complexity index is 307. The molecule has 1 aromatic heterocycles. The molecule has 0 bridgehead atoms. The lowest BCUT2D eigenvalue weighted by molar-refractivity contribution is 0.761. The Balaban J connectivity index is 2.16. The van der Waals surface area contributed by atoms with Crippen molar-refractivity contribution in [3.63, 3.8) is 0 Å². The van der Waals surface area contributed by atoms with E-state index >= 15 is 0 Å². The van der Waals surface area contributed by atoms with Crippen LogP contribution >= 0.6 is 0 Å². The van der Waals surface area contributed by atoms with Crippen molar-refractivity contribution in [3.05, 3.63) is 18.5 Å². The van der Waals surface area contributed by atoms with Crippen molar-refractivity contribution in [2.24, 2.45) is 0 Å². The molecule has 76 valence electrons. The smallest absolute Gasteiger partial charge is 0.0575 e. The van der Waals surface area contributed by atoms with Crippen LogP contribution in [0, 0.1) is 0 Å². The molecule has 14 heavy (non-hydrogen) atoms. The molecule has 1 aliphatic carbocycles. The monoisotopic (exact) mass is 191 g/mol. The van der Waals surface area contributed by atoms with E-state index in [1.54, 1.807) is 6.20 Å². The van der Waals surface area contributed by atoms with Crippen molar-refractivity contribution in [1.82, 2.24) is 4.98 Å². The molecule has 3 nitrogen and oxygen atoms in total. The summed E-state index contributed by atoms with van der Waals surface area (Å²) in [4.78, 5) is 6.55. The number of hydrogen-bond donors (Lipinski definition) is 1. The summed E-state index contributed by atoms with van der Waals surface area (Å²) >= 11 is 0. The van der Waals surface area contributed by atoms with Gasteiger partial charge in [-0.05, 0) is 25.3 Å². The van der Waals surface area contributed by atoms with Crippen molar-refractivity contribution >= 4 is 11.4 Å². The van der Waals surface area contributed by atoms with Crippen LogP contribution in [0.25, 0.3) is 0 Å². The number of nitrogen functional groups attached to an aromatic ring is 1. The molecule has 0 radical (unpaired) electrons. The quantitative estimate of drug-likeness (QED) is 0.792. The van der Waals surface area contributed by atoms with E-state index in [1.807, 2.05) is 12.3 Å². The maximum absolute atomic E-state index is 5.72. The highest BCUT2D eigenvalue weighted by Gasteiger charge is 2.28. The number of hydrogen-bond acceptors (Lipinski definition) is 3. The molecule has 0 amide bonds. The first-order chi connectivity index (χ1) is 6.81. The SMILES string of the molecule is CCCN(c1cncc(N)c1)C1CC1. The molecule has 0 unspecified atom stereocenters. The van der Waals surface area contributed by atoms with Gasteiger partial charge in [-0.15, -0.1) is 0 Å². The first kappa shape index (κ1) is 9.31. The van der Waals surface area contributed by atoms with Crippen LogP contribution in [0.2, 0.25) is 0 Å². The summed E-state index contributed by atoms with van der Waals surface area (Å²) < 4.78 is 0. The van der Waals surface area contributed by atoms with Gasteiger partial charge in [0, 0.05) is 18.8 Å². The van der Waals surface area contributed by atoms with E-state index in [4.69, 9.17) is 5.73 Å². The van der Waals surface area contributed by atoms with Crippen LogP contribution in [0.4, 0.5) is 11.4 Å². The number of pyridine rings is 1. The summed E-state index contributed by atoms with van der Waals surface area (Å²) in [5.41, 5.74) is 7.65. The molecular formula is C11H17N3. The van der Waals surface area contributed by atoms with Crippen LogP contribution in [0.3, 0.4) is 0 Å². The lowest BCUT2D eigenvalue weighted by atomic mass is 10.3. The van der Waals surface area contributed by atoms with Crippen LogP contribution in [0.5, 0.6) is 0 Å². The number of rotatable bonds is 4. The standard InChI is InChI=1S/C11H17N3/c1-2-5-14(10-3-4-10)11-6-9(12)7-13-8-11/h6-8,10H,2-5,12H2,1H3. The van der Waals surface area contributed by atoms with Crippen LogP contribution in [0.15, 0.2) is 18.5 Å². The van der Waals surface area contributed by atoms with Gasteiger partial charge in [-0.25, -0.2) is 0 Å². The van der Waals surface area contributed by atoms with Gasteiger partial charge in [0.25, 0.3) is 0 Å². The minimum absolute atomic E-state index is 0.735. The zero-order chi connectivity index (χ0) is 9.97. The Morgan fingerprint density at radius 2 is 2.29 bits per heavy atom. The van der Waals surface area contributed by atoms with Crippen LogP contribution < -0.4 is 10.6 Å². The van der Waals surface area contributed by atoms with E-state index in [2.05, 4.69) is 16.8 Å². The van der Waals surface area contributed by atoms with E-state index in [1.165, 1.54) is 24.9 Å². The Labute approximate surface area is 84.9 Å². The highest BCUT2D eigenvalue weighted by Crippen LogP contribution is 2.31. The van der Waals surface area contributed by atoms with Gasteiger partial charge in [0.15, 0.2) is 0 Å². The zero-order valence-electron chi connectivity index (χ0n) is 8.61. The molecule has 3 heteroatoms. The maximum atomic E-state index is 5.72.